The fraction of sp³-hybridized carbons (Fsp3) is 0. The summed E-state index contributed by atoms with van der Waals surface area (Å²) in [6.45, 7) is 0. The first-order valence-corrected chi connectivity index (χ1v) is 6.00. The van der Waals surface area contributed by atoms with E-state index in [0.29, 0.717) is 0 Å². The van der Waals surface area contributed by atoms with Crippen molar-refractivity contribution in [3.63, 3.8) is 0 Å². The average Bonchev–Trinajstić information content (AvgIpc) is 2.47. The summed E-state index contributed by atoms with van der Waals surface area (Å²) in [4.78, 5) is 0.165. The fourth-order valence-electron chi connectivity index (χ4n) is 1.12. The van der Waals surface area contributed by atoms with Crippen molar-refractivity contribution in [2.75, 3.05) is 0 Å². The van der Waals surface area contributed by atoms with Gasteiger partial charge in [0, 0.05) is 4.70 Å². The zero-order valence-electron chi connectivity index (χ0n) is 6.60. The molecule has 0 saturated heterocycles. The molecule has 0 amide bonds. The Morgan fingerprint density at radius 3 is 2.69 bits per heavy atom. The van der Waals surface area contributed by atoms with Crippen molar-refractivity contribution >= 4 is 31.4 Å². The van der Waals surface area contributed by atoms with Crippen LogP contribution < -0.4 is 5.14 Å². The molecule has 0 fully saturated rings. The standard InChI is InChI=1S/C8H7NO2S2/c9-13(10,11)7-1-2-8-6(5-7)3-4-12-8/h1-5H,(H2,9,10,11). The maximum Gasteiger partial charge on any atom is 0.238 e. The molecule has 0 saturated carbocycles. The lowest BCUT2D eigenvalue weighted by atomic mass is 10.3. The maximum absolute atomic E-state index is 11.0. The molecule has 1 aromatic carbocycles. The summed E-state index contributed by atoms with van der Waals surface area (Å²) < 4.78 is 23.0. The number of nitrogens with two attached hydrogens (primary N) is 1. The minimum atomic E-state index is -3.57. The molecule has 0 spiro atoms. The van der Waals surface area contributed by atoms with Crippen molar-refractivity contribution in [1.82, 2.24) is 0 Å². The molecule has 0 unspecified atom stereocenters. The highest BCUT2D eigenvalue weighted by Crippen LogP contribution is 2.22. The van der Waals surface area contributed by atoms with Gasteiger partial charge in [-0.2, -0.15) is 0 Å². The third kappa shape index (κ3) is 1.58. The van der Waals surface area contributed by atoms with Crippen LogP contribution in [0.4, 0.5) is 0 Å². The van der Waals surface area contributed by atoms with E-state index in [1.54, 1.807) is 23.5 Å². The zero-order valence-corrected chi connectivity index (χ0v) is 8.23. The largest absolute Gasteiger partial charge is 0.238 e. The van der Waals surface area contributed by atoms with Crippen molar-refractivity contribution < 1.29 is 8.42 Å². The van der Waals surface area contributed by atoms with Gasteiger partial charge in [-0.05, 0) is 35.0 Å². The second-order valence-electron chi connectivity index (χ2n) is 2.67. The molecule has 0 bridgehead atoms. The molecule has 5 heteroatoms. The summed E-state index contributed by atoms with van der Waals surface area (Å²) in [5, 5.41) is 7.82. The predicted octanol–water partition coefficient (Wildman–Crippen LogP) is 1.55. The highest BCUT2D eigenvalue weighted by atomic mass is 32.2. The molecule has 13 heavy (non-hydrogen) atoms. The molecule has 1 aromatic heterocycles. The Hall–Kier alpha value is -0.910. The van der Waals surface area contributed by atoms with Crippen LogP contribution >= 0.6 is 11.3 Å². The third-order valence-corrected chi connectivity index (χ3v) is 3.56. The SMILES string of the molecule is NS(=O)(=O)c1ccc2sccc2c1. The Bertz CT molecular complexity index is 542. The second kappa shape index (κ2) is 2.80. The number of primary sulfonamides is 1. The van der Waals surface area contributed by atoms with Gasteiger partial charge in [0.25, 0.3) is 0 Å². The monoisotopic (exact) mass is 213 g/mol. The van der Waals surface area contributed by atoms with Crippen LogP contribution in [-0.2, 0) is 10.0 Å². The van der Waals surface area contributed by atoms with Crippen molar-refractivity contribution in [1.29, 1.82) is 0 Å². The van der Waals surface area contributed by atoms with Crippen LogP contribution in [0.1, 0.15) is 0 Å². The molecular weight excluding hydrogens is 206 g/mol. The van der Waals surface area contributed by atoms with Crippen LogP contribution in [-0.4, -0.2) is 8.42 Å². The summed E-state index contributed by atoms with van der Waals surface area (Å²) in [6, 6.07) is 6.74. The van der Waals surface area contributed by atoms with Gasteiger partial charge >= 0.3 is 0 Å². The minimum Gasteiger partial charge on any atom is -0.225 e. The summed E-state index contributed by atoms with van der Waals surface area (Å²) in [6.07, 6.45) is 0. The first-order valence-electron chi connectivity index (χ1n) is 3.57. The van der Waals surface area contributed by atoms with E-state index in [1.807, 2.05) is 11.4 Å². The molecule has 0 atom stereocenters. The first-order chi connectivity index (χ1) is 6.07. The second-order valence-corrected chi connectivity index (χ2v) is 5.17. The summed E-state index contributed by atoms with van der Waals surface area (Å²) in [5.41, 5.74) is 0. The Morgan fingerprint density at radius 2 is 2.00 bits per heavy atom. The maximum atomic E-state index is 11.0. The van der Waals surface area contributed by atoms with Gasteiger partial charge in [0.15, 0.2) is 0 Å². The Kier molecular flexibility index (Phi) is 1.87. The molecule has 68 valence electrons. The van der Waals surface area contributed by atoms with E-state index in [2.05, 4.69) is 0 Å². The fourth-order valence-corrected chi connectivity index (χ4v) is 2.44. The lowest BCUT2D eigenvalue weighted by Crippen LogP contribution is -2.11. The molecule has 2 aromatic rings. The molecule has 0 aliphatic carbocycles. The van der Waals surface area contributed by atoms with Gasteiger partial charge in [-0.1, -0.05) is 0 Å². The number of thiophene rings is 1. The van der Waals surface area contributed by atoms with E-state index in [-0.39, 0.29) is 4.90 Å². The number of fused-ring (bicyclic) bond motifs is 1. The molecule has 1 heterocycles. The zero-order chi connectivity index (χ0) is 9.47. The van der Waals surface area contributed by atoms with Gasteiger partial charge in [-0.3, -0.25) is 0 Å². The first kappa shape index (κ1) is 8.68. The van der Waals surface area contributed by atoms with Crippen molar-refractivity contribution in [3.05, 3.63) is 29.6 Å². The smallest absolute Gasteiger partial charge is 0.225 e. The van der Waals surface area contributed by atoms with Gasteiger partial charge in [-0.15, -0.1) is 11.3 Å². The van der Waals surface area contributed by atoms with E-state index in [4.69, 9.17) is 5.14 Å². The highest BCUT2D eigenvalue weighted by molar-refractivity contribution is 7.89. The Balaban J connectivity index is 2.75. The van der Waals surface area contributed by atoms with E-state index in [9.17, 15) is 8.42 Å². The van der Waals surface area contributed by atoms with Crippen LogP contribution in [0.3, 0.4) is 0 Å². The predicted molar refractivity (Wildman–Crippen MR) is 53.2 cm³/mol. The quantitative estimate of drug-likeness (QED) is 0.781. The number of hydrogen-bond donors (Lipinski definition) is 1. The van der Waals surface area contributed by atoms with Gasteiger partial charge < -0.3 is 0 Å². The molecule has 0 aliphatic rings. The van der Waals surface area contributed by atoms with Crippen LogP contribution in [0.2, 0.25) is 0 Å². The minimum absolute atomic E-state index is 0.165. The molecule has 2 rings (SSSR count). The third-order valence-electron chi connectivity index (χ3n) is 1.75. The molecule has 0 radical (unpaired) electrons. The molecule has 2 N–H and O–H groups in total. The van der Waals surface area contributed by atoms with E-state index >= 15 is 0 Å². The van der Waals surface area contributed by atoms with Gasteiger partial charge in [0.1, 0.15) is 0 Å². The van der Waals surface area contributed by atoms with E-state index in [0.717, 1.165) is 10.1 Å². The van der Waals surface area contributed by atoms with Crippen molar-refractivity contribution in [2.45, 2.75) is 4.90 Å². The van der Waals surface area contributed by atoms with E-state index in [1.165, 1.54) is 6.07 Å². The van der Waals surface area contributed by atoms with Gasteiger partial charge in [-0.25, -0.2) is 13.6 Å². The lowest BCUT2D eigenvalue weighted by Gasteiger charge is -1.96. The number of hydrogen-bond acceptors (Lipinski definition) is 3. The van der Waals surface area contributed by atoms with Crippen LogP contribution in [0.15, 0.2) is 34.5 Å². The van der Waals surface area contributed by atoms with Crippen LogP contribution in [0.25, 0.3) is 10.1 Å². The Labute approximate surface area is 79.9 Å². The summed E-state index contributed by atoms with van der Waals surface area (Å²) in [7, 11) is -3.57. The van der Waals surface area contributed by atoms with E-state index < -0.39 is 10.0 Å². The van der Waals surface area contributed by atoms with Crippen molar-refractivity contribution in [3.8, 4) is 0 Å². The number of benzene rings is 1. The van der Waals surface area contributed by atoms with Crippen LogP contribution in [0.5, 0.6) is 0 Å². The molecule has 0 aliphatic heterocycles. The number of rotatable bonds is 1. The summed E-state index contributed by atoms with van der Waals surface area (Å²) >= 11 is 1.57. The summed E-state index contributed by atoms with van der Waals surface area (Å²) in [5.74, 6) is 0. The normalized spacial score (nSPS) is 12.1. The average molecular weight is 213 g/mol. The lowest BCUT2D eigenvalue weighted by molar-refractivity contribution is 0.598. The topological polar surface area (TPSA) is 60.2 Å². The van der Waals surface area contributed by atoms with Crippen molar-refractivity contribution in [2.24, 2.45) is 5.14 Å². The number of sulfonamides is 1. The van der Waals surface area contributed by atoms with Gasteiger partial charge in [0.05, 0.1) is 4.90 Å². The highest BCUT2D eigenvalue weighted by Gasteiger charge is 2.07. The Morgan fingerprint density at radius 1 is 1.23 bits per heavy atom. The van der Waals surface area contributed by atoms with Crippen LogP contribution in [0, 0.1) is 0 Å². The molecule has 3 nitrogen and oxygen atoms in total. The molecular formula is C8H7NO2S2. The van der Waals surface area contributed by atoms with Gasteiger partial charge in [0.2, 0.25) is 10.0 Å².